The molecule has 2 unspecified atom stereocenters. The minimum atomic E-state index is -0.570. The smallest absolute Gasteiger partial charge is 0.132 e. The molecule has 0 amide bonds. The molecule has 0 aromatic heterocycles. The van der Waals surface area contributed by atoms with E-state index in [0.29, 0.717) is 13.2 Å². The molecule has 1 heterocycles. The van der Waals surface area contributed by atoms with Crippen molar-refractivity contribution in [2.24, 2.45) is 0 Å². The van der Waals surface area contributed by atoms with Gasteiger partial charge in [0.15, 0.2) is 0 Å². The predicted octanol–water partition coefficient (Wildman–Crippen LogP) is 7.62. The Labute approximate surface area is 220 Å². The SMILES string of the molecule is Cc1ccccc1CNc1ccc2c(c1)C(OCc1ccccc1)C(OCc1ccccc1)C(C)(C)O2. The summed E-state index contributed by atoms with van der Waals surface area (Å²) in [6, 6.07) is 35.2. The third-order valence-corrected chi connectivity index (χ3v) is 6.94. The van der Waals surface area contributed by atoms with Gasteiger partial charge in [-0.25, -0.2) is 0 Å². The number of aryl methyl sites for hydroxylation is 1. The van der Waals surface area contributed by atoms with Crippen LogP contribution in [0.25, 0.3) is 0 Å². The number of rotatable bonds is 9. The van der Waals surface area contributed by atoms with Crippen molar-refractivity contribution in [3.05, 3.63) is 131 Å². The van der Waals surface area contributed by atoms with Crippen molar-refractivity contribution in [3.63, 3.8) is 0 Å². The molecule has 4 heteroatoms. The molecule has 5 rings (SSSR count). The summed E-state index contributed by atoms with van der Waals surface area (Å²) in [5.41, 5.74) is 6.27. The van der Waals surface area contributed by atoms with Gasteiger partial charge in [0.2, 0.25) is 0 Å². The molecule has 0 bridgehead atoms. The Bertz CT molecular complexity index is 1300. The number of fused-ring (bicyclic) bond motifs is 1. The third-order valence-electron chi connectivity index (χ3n) is 6.94. The second kappa shape index (κ2) is 11.2. The molecular formula is C33H35NO3. The molecule has 37 heavy (non-hydrogen) atoms. The summed E-state index contributed by atoms with van der Waals surface area (Å²) in [6.07, 6.45) is -0.585. The van der Waals surface area contributed by atoms with E-state index in [0.717, 1.165) is 34.7 Å². The van der Waals surface area contributed by atoms with Gasteiger partial charge in [0.1, 0.15) is 23.6 Å². The molecule has 1 aliphatic rings. The van der Waals surface area contributed by atoms with Gasteiger partial charge in [0.25, 0.3) is 0 Å². The lowest BCUT2D eigenvalue weighted by Gasteiger charge is -2.44. The van der Waals surface area contributed by atoms with Gasteiger partial charge in [-0.15, -0.1) is 0 Å². The van der Waals surface area contributed by atoms with Gasteiger partial charge in [-0.2, -0.15) is 0 Å². The van der Waals surface area contributed by atoms with Crippen molar-refractivity contribution in [2.75, 3.05) is 5.32 Å². The predicted molar refractivity (Wildman–Crippen MR) is 149 cm³/mol. The lowest BCUT2D eigenvalue weighted by molar-refractivity contribution is -0.170. The second-order valence-corrected chi connectivity index (χ2v) is 10.2. The minimum Gasteiger partial charge on any atom is -0.485 e. The lowest BCUT2D eigenvalue weighted by atomic mass is 9.87. The van der Waals surface area contributed by atoms with E-state index in [1.807, 2.05) is 42.5 Å². The molecule has 1 aliphatic heterocycles. The first kappa shape index (κ1) is 25.1. The summed E-state index contributed by atoms with van der Waals surface area (Å²) in [6.45, 7) is 8.03. The van der Waals surface area contributed by atoms with E-state index in [4.69, 9.17) is 14.2 Å². The van der Waals surface area contributed by atoms with Gasteiger partial charge >= 0.3 is 0 Å². The zero-order valence-corrected chi connectivity index (χ0v) is 21.8. The van der Waals surface area contributed by atoms with E-state index < -0.39 is 5.60 Å². The van der Waals surface area contributed by atoms with Crippen molar-refractivity contribution in [3.8, 4) is 5.75 Å². The van der Waals surface area contributed by atoms with Crippen molar-refractivity contribution in [1.82, 2.24) is 0 Å². The minimum absolute atomic E-state index is 0.289. The normalized spacial score (nSPS) is 18.0. The fraction of sp³-hybridized carbons (Fsp3) is 0.273. The summed E-state index contributed by atoms with van der Waals surface area (Å²) in [5, 5.41) is 3.59. The quantitative estimate of drug-likeness (QED) is 0.260. The standard InChI is InChI=1S/C33H35NO3/c1-24-12-10-11-17-27(24)21-34-28-18-19-30-29(20-28)31(35-22-25-13-6-4-7-14-25)32(33(2,3)37-30)36-23-26-15-8-5-9-16-26/h4-20,31-32,34H,21-23H2,1-3H3. The van der Waals surface area contributed by atoms with Gasteiger partial charge in [-0.3, -0.25) is 0 Å². The van der Waals surface area contributed by atoms with Crippen molar-refractivity contribution in [2.45, 2.75) is 58.3 Å². The lowest BCUT2D eigenvalue weighted by Crippen LogP contribution is -2.50. The van der Waals surface area contributed by atoms with Gasteiger partial charge in [0, 0.05) is 17.8 Å². The van der Waals surface area contributed by atoms with Crippen LogP contribution in [0.15, 0.2) is 103 Å². The first-order valence-corrected chi connectivity index (χ1v) is 12.9. The first-order valence-electron chi connectivity index (χ1n) is 12.9. The summed E-state index contributed by atoms with van der Waals surface area (Å²) in [7, 11) is 0. The Kier molecular flexibility index (Phi) is 7.59. The number of benzene rings is 4. The monoisotopic (exact) mass is 493 g/mol. The molecule has 0 spiro atoms. The maximum Gasteiger partial charge on any atom is 0.132 e. The highest BCUT2D eigenvalue weighted by Gasteiger charge is 2.45. The zero-order chi connectivity index (χ0) is 25.7. The van der Waals surface area contributed by atoms with Crippen LogP contribution in [0, 0.1) is 6.92 Å². The van der Waals surface area contributed by atoms with Gasteiger partial charge < -0.3 is 19.5 Å². The molecule has 190 valence electrons. The van der Waals surface area contributed by atoms with E-state index in [9.17, 15) is 0 Å². The van der Waals surface area contributed by atoms with Gasteiger partial charge in [0.05, 0.1) is 13.2 Å². The molecule has 0 saturated heterocycles. The summed E-state index contributed by atoms with van der Waals surface area (Å²) >= 11 is 0. The maximum absolute atomic E-state index is 6.64. The van der Waals surface area contributed by atoms with Crippen molar-refractivity contribution < 1.29 is 14.2 Å². The highest BCUT2D eigenvalue weighted by molar-refractivity contribution is 5.54. The molecule has 2 atom stereocenters. The van der Waals surface area contributed by atoms with Crippen LogP contribution in [0.5, 0.6) is 5.75 Å². The molecule has 1 N–H and O–H groups in total. The Morgan fingerprint density at radius 3 is 2.05 bits per heavy atom. The van der Waals surface area contributed by atoms with Crippen LogP contribution >= 0.6 is 0 Å². The van der Waals surface area contributed by atoms with Crippen LogP contribution in [-0.2, 0) is 29.2 Å². The highest BCUT2D eigenvalue weighted by Crippen LogP contribution is 2.45. The maximum atomic E-state index is 6.64. The van der Waals surface area contributed by atoms with Crippen LogP contribution in [-0.4, -0.2) is 11.7 Å². The zero-order valence-electron chi connectivity index (χ0n) is 21.8. The Balaban J connectivity index is 1.42. The average Bonchev–Trinajstić information content (AvgIpc) is 2.91. The molecule has 0 fully saturated rings. The topological polar surface area (TPSA) is 39.7 Å². The highest BCUT2D eigenvalue weighted by atomic mass is 16.6. The fourth-order valence-corrected chi connectivity index (χ4v) is 4.83. The average molecular weight is 494 g/mol. The molecule has 4 aromatic carbocycles. The molecule has 0 radical (unpaired) electrons. The largest absolute Gasteiger partial charge is 0.485 e. The summed E-state index contributed by atoms with van der Waals surface area (Å²) < 4.78 is 19.7. The van der Waals surface area contributed by atoms with E-state index in [1.54, 1.807) is 0 Å². The summed E-state index contributed by atoms with van der Waals surface area (Å²) in [4.78, 5) is 0. The second-order valence-electron chi connectivity index (χ2n) is 10.2. The van der Waals surface area contributed by atoms with Crippen LogP contribution in [0.1, 0.15) is 47.8 Å². The number of nitrogens with one attached hydrogen (secondary N) is 1. The van der Waals surface area contributed by atoms with E-state index in [2.05, 4.69) is 86.8 Å². The Morgan fingerprint density at radius 2 is 1.38 bits per heavy atom. The van der Waals surface area contributed by atoms with E-state index in [-0.39, 0.29) is 12.2 Å². The van der Waals surface area contributed by atoms with Crippen LogP contribution in [0.4, 0.5) is 5.69 Å². The van der Waals surface area contributed by atoms with Crippen LogP contribution in [0.3, 0.4) is 0 Å². The number of anilines is 1. The third kappa shape index (κ3) is 6.04. The van der Waals surface area contributed by atoms with Crippen molar-refractivity contribution >= 4 is 5.69 Å². The van der Waals surface area contributed by atoms with Crippen LogP contribution < -0.4 is 10.1 Å². The first-order chi connectivity index (χ1) is 18.0. The Morgan fingerprint density at radius 1 is 0.757 bits per heavy atom. The van der Waals surface area contributed by atoms with E-state index >= 15 is 0 Å². The molecule has 4 aromatic rings. The van der Waals surface area contributed by atoms with Gasteiger partial charge in [-0.1, -0.05) is 84.9 Å². The van der Waals surface area contributed by atoms with Gasteiger partial charge in [-0.05, 0) is 61.2 Å². The number of ether oxygens (including phenoxy) is 3. The molecule has 0 saturated carbocycles. The summed E-state index contributed by atoms with van der Waals surface area (Å²) in [5.74, 6) is 0.837. The molecule has 4 nitrogen and oxygen atoms in total. The van der Waals surface area contributed by atoms with Crippen molar-refractivity contribution in [1.29, 1.82) is 0 Å². The molecular weight excluding hydrogens is 458 g/mol. The Hall–Kier alpha value is -3.60. The fourth-order valence-electron chi connectivity index (χ4n) is 4.83. The van der Waals surface area contributed by atoms with E-state index in [1.165, 1.54) is 11.1 Å². The number of hydrogen-bond acceptors (Lipinski definition) is 4. The molecule has 0 aliphatic carbocycles. The van der Waals surface area contributed by atoms with Crippen LogP contribution in [0.2, 0.25) is 0 Å². The number of hydrogen-bond donors (Lipinski definition) is 1.